The standard InChI is InChI=1S/C21H18N4O9S2/c1-12(26)33-16-11-7-5-9-14(16)24(2)21(28)34-15-10-6-4-8-13(15)17(27)22-20-23-18(36(3,31)32)19(35-20)25(29)30/h4-11H,1-3H3,(H,22,23,27). The lowest BCUT2D eigenvalue weighted by molar-refractivity contribution is -0.383. The molecule has 0 saturated carbocycles. The summed E-state index contributed by atoms with van der Waals surface area (Å²) in [6.45, 7) is 1.21. The average Bonchev–Trinajstić information content (AvgIpc) is 3.24. The smallest absolute Gasteiger partial charge is 0.419 e. The Hall–Kier alpha value is -4.37. The maximum atomic E-state index is 12.8. The van der Waals surface area contributed by atoms with E-state index < -0.39 is 42.8 Å². The molecule has 1 aromatic heterocycles. The number of anilines is 2. The summed E-state index contributed by atoms with van der Waals surface area (Å²) >= 11 is 0.367. The molecule has 3 aromatic rings. The van der Waals surface area contributed by atoms with Gasteiger partial charge in [0.05, 0.1) is 16.2 Å². The number of thiazole rings is 1. The minimum atomic E-state index is -4.03. The highest BCUT2D eigenvalue weighted by molar-refractivity contribution is 7.91. The molecule has 3 rings (SSSR count). The lowest BCUT2D eigenvalue weighted by Gasteiger charge is -2.20. The maximum Gasteiger partial charge on any atom is 0.419 e. The van der Waals surface area contributed by atoms with Gasteiger partial charge in [0, 0.05) is 20.2 Å². The fourth-order valence-electron chi connectivity index (χ4n) is 2.85. The number of hydrogen-bond acceptors (Lipinski definition) is 11. The lowest BCUT2D eigenvalue weighted by Crippen LogP contribution is -2.30. The lowest BCUT2D eigenvalue weighted by atomic mass is 10.2. The van der Waals surface area contributed by atoms with Gasteiger partial charge < -0.3 is 9.47 Å². The van der Waals surface area contributed by atoms with E-state index in [4.69, 9.17) is 9.47 Å². The van der Waals surface area contributed by atoms with Crippen molar-refractivity contribution in [3.63, 3.8) is 0 Å². The molecule has 1 heterocycles. The molecule has 188 valence electrons. The molecule has 1 N–H and O–H groups in total. The quantitative estimate of drug-likeness (QED) is 0.205. The Bertz CT molecular complexity index is 1470. The van der Waals surface area contributed by atoms with Gasteiger partial charge in [-0.2, -0.15) is 0 Å². The first-order valence-electron chi connectivity index (χ1n) is 9.87. The fourth-order valence-corrected chi connectivity index (χ4v) is 4.81. The van der Waals surface area contributed by atoms with Crippen LogP contribution in [0.5, 0.6) is 11.5 Å². The Morgan fingerprint density at radius 3 is 2.25 bits per heavy atom. The number of hydrogen-bond donors (Lipinski definition) is 1. The summed E-state index contributed by atoms with van der Waals surface area (Å²) in [5.74, 6) is -1.49. The first kappa shape index (κ1) is 26.2. The van der Waals surface area contributed by atoms with Crippen LogP contribution in [0.25, 0.3) is 0 Å². The molecule has 36 heavy (non-hydrogen) atoms. The van der Waals surface area contributed by atoms with E-state index in [1.165, 1.54) is 50.4 Å². The van der Waals surface area contributed by atoms with Crippen LogP contribution in [0.1, 0.15) is 17.3 Å². The summed E-state index contributed by atoms with van der Waals surface area (Å²) in [7, 11) is -2.66. The van der Waals surface area contributed by atoms with Crippen molar-refractivity contribution < 1.29 is 37.2 Å². The zero-order chi connectivity index (χ0) is 26.6. The third-order valence-corrected chi connectivity index (χ3v) is 6.44. The number of amides is 2. The van der Waals surface area contributed by atoms with E-state index in [1.807, 2.05) is 0 Å². The number of carbonyl (C=O) groups is 3. The molecule has 2 aromatic carbocycles. The number of esters is 1. The van der Waals surface area contributed by atoms with E-state index in [-0.39, 0.29) is 27.9 Å². The molecule has 15 heteroatoms. The van der Waals surface area contributed by atoms with Crippen LogP contribution in [-0.2, 0) is 14.6 Å². The van der Waals surface area contributed by atoms with Crippen molar-refractivity contribution in [3.05, 3.63) is 64.2 Å². The monoisotopic (exact) mass is 534 g/mol. The number of carbonyl (C=O) groups excluding carboxylic acids is 3. The van der Waals surface area contributed by atoms with Crippen molar-refractivity contribution in [2.75, 3.05) is 23.5 Å². The van der Waals surface area contributed by atoms with Crippen LogP contribution in [0.4, 0.5) is 20.6 Å². The van der Waals surface area contributed by atoms with Crippen LogP contribution in [-0.4, -0.2) is 49.6 Å². The van der Waals surface area contributed by atoms with Crippen molar-refractivity contribution in [2.24, 2.45) is 0 Å². The van der Waals surface area contributed by atoms with Crippen molar-refractivity contribution in [1.29, 1.82) is 0 Å². The van der Waals surface area contributed by atoms with Crippen molar-refractivity contribution in [1.82, 2.24) is 4.98 Å². The van der Waals surface area contributed by atoms with E-state index in [9.17, 15) is 32.9 Å². The number of ether oxygens (including phenoxy) is 2. The number of nitrogens with zero attached hydrogens (tertiary/aromatic N) is 3. The molecule has 0 fully saturated rings. The highest BCUT2D eigenvalue weighted by Crippen LogP contribution is 2.34. The molecule has 13 nitrogen and oxygen atoms in total. The second-order valence-electron chi connectivity index (χ2n) is 7.10. The number of nitrogens with one attached hydrogen (secondary N) is 1. The van der Waals surface area contributed by atoms with Gasteiger partial charge >= 0.3 is 17.1 Å². The van der Waals surface area contributed by atoms with Gasteiger partial charge in [0.1, 0.15) is 5.75 Å². The highest BCUT2D eigenvalue weighted by atomic mass is 32.2. The summed E-state index contributed by atoms with van der Waals surface area (Å²) in [5, 5.41) is 11.6. The van der Waals surface area contributed by atoms with Crippen LogP contribution in [0.2, 0.25) is 0 Å². The van der Waals surface area contributed by atoms with Crippen molar-refractivity contribution >= 4 is 55.0 Å². The minimum Gasteiger partial charge on any atom is -0.424 e. The summed E-state index contributed by atoms with van der Waals surface area (Å²) in [4.78, 5) is 52.0. The number of aromatic nitrogens is 1. The zero-order valence-electron chi connectivity index (χ0n) is 19.0. The maximum absolute atomic E-state index is 12.8. The molecule has 0 atom stereocenters. The predicted octanol–water partition coefficient (Wildman–Crippen LogP) is 3.27. The number of para-hydroxylation sites is 3. The first-order valence-corrected chi connectivity index (χ1v) is 12.6. The van der Waals surface area contributed by atoms with E-state index in [2.05, 4.69) is 10.3 Å². The second-order valence-corrected chi connectivity index (χ2v) is 10.0. The largest absolute Gasteiger partial charge is 0.424 e. The van der Waals surface area contributed by atoms with Gasteiger partial charge in [0.2, 0.25) is 14.9 Å². The van der Waals surface area contributed by atoms with Crippen molar-refractivity contribution in [2.45, 2.75) is 11.9 Å². The summed E-state index contributed by atoms with van der Waals surface area (Å²) in [6.07, 6.45) is -0.162. The topological polar surface area (TPSA) is 175 Å². The van der Waals surface area contributed by atoms with E-state index in [0.717, 1.165) is 11.2 Å². The highest BCUT2D eigenvalue weighted by Gasteiger charge is 2.30. The van der Waals surface area contributed by atoms with Crippen LogP contribution in [0, 0.1) is 10.1 Å². The fraction of sp³-hybridized carbons (Fsp3) is 0.143. The molecule has 0 bridgehead atoms. The van der Waals surface area contributed by atoms with Crippen LogP contribution >= 0.6 is 11.3 Å². The zero-order valence-corrected chi connectivity index (χ0v) is 20.6. The van der Waals surface area contributed by atoms with E-state index in [0.29, 0.717) is 11.3 Å². The summed E-state index contributed by atoms with van der Waals surface area (Å²) < 4.78 is 34.1. The molecular weight excluding hydrogens is 516 g/mol. The number of benzene rings is 2. The number of nitro groups is 1. The predicted molar refractivity (Wildman–Crippen MR) is 128 cm³/mol. The minimum absolute atomic E-state index is 0.113. The Kier molecular flexibility index (Phi) is 7.65. The molecule has 0 saturated heterocycles. The number of rotatable bonds is 7. The molecule has 0 spiro atoms. The van der Waals surface area contributed by atoms with Crippen LogP contribution in [0.15, 0.2) is 53.6 Å². The van der Waals surface area contributed by atoms with Crippen LogP contribution < -0.4 is 19.7 Å². The Labute approximate surface area is 208 Å². The normalized spacial score (nSPS) is 10.9. The molecular formula is C21H18N4O9S2. The first-order chi connectivity index (χ1) is 16.9. The van der Waals surface area contributed by atoms with E-state index in [1.54, 1.807) is 12.1 Å². The van der Waals surface area contributed by atoms with Gasteiger partial charge in [-0.15, -0.1) is 0 Å². The van der Waals surface area contributed by atoms with Gasteiger partial charge in [0.25, 0.3) is 5.91 Å². The van der Waals surface area contributed by atoms with Gasteiger partial charge in [-0.25, -0.2) is 18.2 Å². The summed E-state index contributed by atoms with van der Waals surface area (Å²) in [5.41, 5.74) is 0.0920. The van der Waals surface area contributed by atoms with Crippen molar-refractivity contribution in [3.8, 4) is 11.5 Å². The third kappa shape index (κ3) is 6.00. The van der Waals surface area contributed by atoms with Gasteiger partial charge in [-0.05, 0) is 35.6 Å². The molecule has 0 aliphatic carbocycles. The Balaban J connectivity index is 1.85. The van der Waals surface area contributed by atoms with Crippen LogP contribution in [0.3, 0.4) is 0 Å². The number of sulfone groups is 1. The molecule has 0 aliphatic rings. The Morgan fingerprint density at radius 1 is 1.06 bits per heavy atom. The Morgan fingerprint density at radius 2 is 1.67 bits per heavy atom. The molecule has 2 amide bonds. The summed E-state index contributed by atoms with van der Waals surface area (Å²) in [6, 6.07) is 11.9. The second kappa shape index (κ2) is 10.5. The SMILES string of the molecule is CC(=O)Oc1ccccc1N(C)C(=O)Oc1ccccc1C(=O)Nc1nc(S(C)(=O)=O)c([N+](=O)[O-])s1. The van der Waals surface area contributed by atoms with Gasteiger partial charge in [-0.3, -0.25) is 29.9 Å². The molecule has 0 unspecified atom stereocenters. The molecule has 0 radical (unpaired) electrons. The average molecular weight is 535 g/mol. The third-order valence-electron chi connectivity index (χ3n) is 4.40. The van der Waals surface area contributed by atoms with E-state index >= 15 is 0 Å². The molecule has 0 aliphatic heterocycles. The van der Waals surface area contributed by atoms with Gasteiger partial charge in [-0.1, -0.05) is 24.3 Å². The van der Waals surface area contributed by atoms with Gasteiger partial charge in [0.15, 0.2) is 10.9 Å².